The summed E-state index contributed by atoms with van der Waals surface area (Å²) in [5.74, 6) is -0.811. The van der Waals surface area contributed by atoms with Crippen molar-refractivity contribution in [3.05, 3.63) is 65.2 Å². The van der Waals surface area contributed by atoms with E-state index in [2.05, 4.69) is 15.0 Å². The van der Waals surface area contributed by atoms with Crippen molar-refractivity contribution in [1.29, 1.82) is 0 Å². The molecule has 1 aliphatic heterocycles. The van der Waals surface area contributed by atoms with Crippen LogP contribution in [0.3, 0.4) is 0 Å². The standard InChI is InChI=1S/C21H23N3O4/c1-23-10-12-24(13-11-23)20(26)16-8-6-15(7-9-16)19(25)22-18-5-3-4-17(14-18)21(27)28-2/h3-9,14H,10-13H2,1-2H3,(H,22,25). The lowest BCUT2D eigenvalue weighted by Gasteiger charge is -2.32. The number of nitrogens with zero attached hydrogens (tertiary/aromatic N) is 2. The first-order valence-corrected chi connectivity index (χ1v) is 9.05. The third kappa shape index (κ3) is 4.55. The Morgan fingerprint density at radius 3 is 2.18 bits per heavy atom. The van der Waals surface area contributed by atoms with E-state index < -0.39 is 5.97 Å². The molecular formula is C21H23N3O4. The van der Waals surface area contributed by atoms with Gasteiger partial charge in [-0.05, 0) is 49.5 Å². The number of esters is 1. The van der Waals surface area contributed by atoms with Crippen LogP contribution >= 0.6 is 0 Å². The fourth-order valence-corrected chi connectivity index (χ4v) is 3.00. The lowest BCUT2D eigenvalue weighted by molar-refractivity contribution is 0.0599. The van der Waals surface area contributed by atoms with Crippen LogP contribution in [0.15, 0.2) is 48.5 Å². The third-order valence-corrected chi connectivity index (χ3v) is 4.73. The molecule has 2 aromatic rings. The molecule has 2 aromatic carbocycles. The summed E-state index contributed by atoms with van der Waals surface area (Å²) in [7, 11) is 3.34. The van der Waals surface area contributed by atoms with Crippen molar-refractivity contribution >= 4 is 23.5 Å². The van der Waals surface area contributed by atoms with Crippen LogP contribution in [0.2, 0.25) is 0 Å². The van der Waals surface area contributed by atoms with Crippen molar-refractivity contribution in [2.45, 2.75) is 0 Å². The number of methoxy groups -OCH3 is 1. The van der Waals surface area contributed by atoms with Gasteiger partial charge in [0.25, 0.3) is 11.8 Å². The summed E-state index contributed by atoms with van der Waals surface area (Å²) in [5.41, 5.74) is 1.84. The van der Waals surface area contributed by atoms with Crippen LogP contribution in [-0.4, -0.2) is 67.9 Å². The fraction of sp³-hybridized carbons (Fsp3) is 0.286. The van der Waals surface area contributed by atoms with Crippen LogP contribution in [0.25, 0.3) is 0 Å². The number of amides is 2. The summed E-state index contributed by atoms with van der Waals surface area (Å²) in [6.45, 7) is 3.12. The van der Waals surface area contributed by atoms with Gasteiger partial charge in [-0.15, -0.1) is 0 Å². The molecule has 1 fully saturated rings. The fourth-order valence-electron chi connectivity index (χ4n) is 3.00. The Bertz CT molecular complexity index is 871. The van der Waals surface area contributed by atoms with Crippen LogP contribution < -0.4 is 5.32 Å². The normalized spacial score (nSPS) is 14.4. The summed E-state index contributed by atoms with van der Waals surface area (Å²) in [4.78, 5) is 40.6. The first-order chi connectivity index (χ1) is 13.5. The Morgan fingerprint density at radius 2 is 1.54 bits per heavy atom. The quantitative estimate of drug-likeness (QED) is 0.821. The molecule has 0 atom stereocenters. The van der Waals surface area contributed by atoms with Crippen molar-refractivity contribution in [3.63, 3.8) is 0 Å². The molecule has 0 aliphatic carbocycles. The molecule has 3 rings (SSSR count). The Kier molecular flexibility index (Phi) is 6.06. The maximum absolute atomic E-state index is 12.6. The number of benzene rings is 2. The minimum atomic E-state index is -0.470. The number of piperazine rings is 1. The van der Waals surface area contributed by atoms with Gasteiger partial charge in [0.05, 0.1) is 12.7 Å². The van der Waals surface area contributed by atoms with Gasteiger partial charge in [-0.2, -0.15) is 0 Å². The van der Waals surface area contributed by atoms with E-state index in [-0.39, 0.29) is 11.8 Å². The minimum Gasteiger partial charge on any atom is -0.465 e. The van der Waals surface area contributed by atoms with Gasteiger partial charge in [-0.25, -0.2) is 4.79 Å². The molecule has 28 heavy (non-hydrogen) atoms. The molecule has 0 unspecified atom stereocenters. The van der Waals surface area contributed by atoms with Gasteiger partial charge >= 0.3 is 5.97 Å². The molecule has 0 aromatic heterocycles. The molecule has 1 N–H and O–H groups in total. The van der Waals surface area contributed by atoms with E-state index in [0.29, 0.717) is 35.5 Å². The van der Waals surface area contributed by atoms with E-state index in [4.69, 9.17) is 0 Å². The highest BCUT2D eigenvalue weighted by atomic mass is 16.5. The van der Waals surface area contributed by atoms with Crippen LogP contribution in [0.5, 0.6) is 0 Å². The van der Waals surface area contributed by atoms with Crippen molar-refractivity contribution in [1.82, 2.24) is 9.80 Å². The lowest BCUT2D eigenvalue weighted by atomic mass is 10.1. The summed E-state index contributed by atoms with van der Waals surface area (Å²) in [6, 6.07) is 13.1. The highest BCUT2D eigenvalue weighted by Crippen LogP contribution is 2.15. The summed E-state index contributed by atoms with van der Waals surface area (Å²) in [6.07, 6.45) is 0. The van der Waals surface area contributed by atoms with Gasteiger partial charge in [0, 0.05) is 43.0 Å². The molecule has 0 radical (unpaired) electrons. The highest BCUT2D eigenvalue weighted by Gasteiger charge is 2.20. The number of hydrogen-bond acceptors (Lipinski definition) is 5. The van der Waals surface area contributed by atoms with Gasteiger partial charge in [0.2, 0.25) is 0 Å². The average molecular weight is 381 g/mol. The smallest absolute Gasteiger partial charge is 0.337 e. The number of likely N-dealkylation sites (N-methyl/N-ethyl adjacent to an activating group) is 1. The van der Waals surface area contributed by atoms with E-state index in [1.807, 2.05) is 11.9 Å². The van der Waals surface area contributed by atoms with Gasteiger partial charge in [0.1, 0.15) is 0 Å². The molecular weight excluding hydrogens is 358 g/mol. The van der Waals surface area contributed by atoms with Gasteiger partial charge in [-0.3, -0.25) is 9.59 Å². The molecule has 7 nitrogen and oxygen atoms in total. The van der Waals surface area contributed by atoms with E-state index in [1.54, 1.807) is 48.5 Å². The number of nitrogens with one attached hydrogen (secondary N) is 1. The zero-order chi connectivity index (χ0) is 20.1. The molecule has 1 heterocycles. The second-order valence-electron chi connectivity index (χ2n) is 6.70. The molecule has 7 heteroatoms. The number of carbonyl (C=O) groups excluding carboxylic acids is 3. The summed E-state index contributed by atoms with van der Waals surface area (Å²) >= 11 is 0. The first kappa shape index (κ1) is 19.6. The van der Waals surface area contributed by atoms with Crippen LogP contribution in [0.4, 0.5) is 5.69 Å². The summed E-state index contributed by atoms with van der Waals surface area (Å²) in [5, 5.41) is 2.75. The van der Waals surface area contributed by atoms with Gasteiger partial charge < -0.3 is 19.9 Å². The van der Waals surface area contributed by atoms with Gasteiger partial charge in [0.15, 0.2) is 0 Å². The van der Waals surface area contributed by atoms with Crippen molar-refractivity contribution in [2.24, 2.45) is 0 Å². The third-order valence-electron chi connectivity index (χ3n) is 4.73. The van der Waals surface area contributed by atoms with Crippen molar-refractivity contribution < 1.29 is 19.1 Å². The molecule has 0 spiro atoms. The second kappa shape index (κ2) is 8.67. The Labute approximate surface area is 163 Å². The Morgan fingerprint density at radius 1 is 0.893 bits per heavy atom. The van der Waals surface area contributed by atoms with Crippen LogP contribution in [0, 0.1) is 0 Å². The minimum absolute atomic E-state index is 0.0224. The van der Waals surface area contributed by atoms with Crippen LogP contribution in [0.1, 0.15) is 31.1 Å². The average Bonchev–Trinajstić information content (AvgIpc) is 2.73. The predicted molar refractivity (Wildman–Crippen MR) is 106 cm³/mol. The first-order valence-electron chi connectivity index (χ1n) is 9.05. The number of hydrogen-bond donors (Lipinski definition) is 1. The van der Waals surface area contributed by atoms with Crippen molar-refractivity contribution in [3.8, 4) is 0 Å². The Hall–Kier alpha value is -3.19. The number of ether oxygens (including phenoxy) is 1. The molecule has 1 saturated heterocycles. The van der Waals surface area contributed by atoms with E-state index >= 15 is 0 Å². The second-order valence-corrected chi connectivity index (χ2v) is 6.70. The predicted octanol–water partition coefficient (Wildman–Crippen LogP) is 2.11. The van der Waals surface area contributed by atoms with E-state index in [9.17, 15) is 14.4 Å². The molecule has 0 saturated carbocycles. The number of rotatable bonds is 4. The topological polar surface area (TPSA) is 78.9 Å². The highest BCUT2D eigenvalue weighted by molar-refractivity contribution is 6.05. The van der Waals surface area contributed by atoms with Gasteiger partial charge in [-0.1, -0.05) is 6.07 Å². The summed E-state index contributed by atoms with van der Waals surface area (Å²) < 4.78 is 4.68. The maximum atomic E-state index is 12.6. The lowest BCUT2D eigenvalue weighted by Crippen LogP contribution is -2.47. The maximum Gasteiger partial charge on any atom is 0.337 e. The van der Waals surface area contributed by atoms with Crippen molar-refractivity contribution in [2.75, 3.05) is 45.7 Å². The number of carbonyl (C=O) groups is 3. The van der Waals surface area contributed by atoms with E-state index in [0.717, 1.165) is 13.1 Å². The largest absolute Gasteiger partial charge is 0.465 e. The molecule has 0 bridgehead atoms. The number of anilines is 1. The monoisotopic (exact) mass is 381 g/mol. The Balaban J connectivity index is 1.65. The molecule has 146 valence electrons. The molecule has 2 amide bonds. The van der Waals surface area contributed by atoms with E-state index in [1.165, 1.54) is 7.11 Å². The molecule has 1 aliphatic rings. The van der Waals surface area contributed by atoms with Crippen LogP contribution in [-0.2, 0) is 4.74 Å². The zero-order valence-electron chi connectivity index (χ0n) is 16.0. The SMILES string of the molecule is COC(=O)c1cccc(NC(=O)c2ccc(C(=O)N3CCN(C)CC3)cc2)c1. The zero-order valence-corrected chi connectivity index (χ0v) is 16.0.